The van der Waals surface area contributed by atoms with Gasteiger partial charge in [-0.3, -0.25) is 4.79 Å². The van der Waals surface area contributed by atoms with Crippen molar-refractivity contribution >= 4 is 5.91 Å². The maximum Gasteiger partial charge on any atom is 0.248 e. The molecule has 0 aromatic rings. The Kier molecular flexibility index (Phi) is 4.12. The molecule has 1 aliphatic carbocycles. The zero-order valence-corrected chi connectivity index (χ0v) is 10.7. The van der Waals surface area contributed by atoms with Crippen LogP contribution >= 0.6 is 0 Å². The molecule has 0 heterocycles. The molecule has 1 amide bonds. The molecule has 1 saturated carbocycles. The number of alkyl halides is 2. The number of carbonyl (C=O) groups excluding carboxylic acids is 1. The molecule has 1 fully saturated rings. The van der Waals surface area contributed by atoms with E-state index < -0.39 is 11.8 Å². The van der Waals surface area contributed by atoms with Gasteiger partial charge in [0, 0.05) is 31.3 Å². The Morgan fingerprint density at radius 1 is 1.53 bits per heavy atom. The molecular weight excluding hydrogens is 226 g/mol. The van der Waals surface area contributed by atoms with Crippen molar-refractivity contribution in [2.24, 2.45) is 17.1 Å². The minimum atomic E-state index is -2.68. The lowest BCUT2D eigenvalue weighted by Gasteiger charge is -2.31. The number of nitrogens with two attached hydrogens (primary N) is 1. The van der Waals surface area contributed by atoms with Gasteiger partial charge in [-0.15, -0.1) is 0 Å². The van der Waals surface area contributed by atoms with Crippen molar-refractivity contribution in [1.29, 1.82) is 0 Å². The van der Waals surface area contributed by atoms with Crippen molar-refractivity contribution in [3.63, 3.8) is 0 Å². The van der Waals surface area contributed by atoms with Crippen LogP contribution in [-0.2, 0) is 4.79 Å². The number of nitrogens with one attached hydrogen (secondary N) is 1. The molecule has 0 aromatic carbocycles. The molecule has 0 radical (unpaired) electrons. The highest BCUT2D eigenvalue weighted by Gasteiger charge is 2.43. The lowest BCUT2D eigenvalue weighted by molar-refractivity contribution is -0.127. The maximum absolute atomic E-state index is 13.0. The number of carbonyl (C=O) groups is 1. The van der Waals surface area contributed by atoms with Gasteiger partial charge in [0.25, 0.3) is 0 Å². The normalized spacial score (nSPS) is 25.6. The number of rotatable bonds is 3. The van der Waals surface area contributed by atoms with Crippen molar-refractivity contribution in [3.8, 4) is 0 Å². The average Bonchev–Trinajstić information content (AvgIpc) is 2.53. The van der Waals surface area contributed by atoms with Crippen LogP contribution in [0.25, 0.3) is 0 Å². The summed E-state index contributed by atoms with van der Waals surface area (Å²) in [6.07, 6.45) is -0.256. The highest BCUT2D eigenvalue weighted by Crippen LogP contribution is 2.39. The Bertz CT molecular complexity index is 287. The van der Waals surface area contributed by atoms with E-state index in [0.29, 0.717) is 6.54 Å². The summed E-state index contributed by atoms with van der Waals surface area (Å²) in [4.78, 5) is 11.8. The molecule has 2 unspecified atom stereocenters. The largest absolute Gasteiger partial charge is 0.351 e. The molecule has 5 heteroatoms. The highest BCUT2D eigenvalue weighted by atomic mass is 19.3. The zero-order valence-electron chi connectivity index (χ0n) is 10.7. The standard InChI is InChI=1S/C12H22F2N2O/c1-11(2,3)9(7-15)16-10(17)8-4-5-12(13,14)6-8/h8-9H,4-7,15H2,1-3H3,(H,16,17). The quantitative estimate of drug-likeness (QED) is 0.801. The van der Waals surface area contributed by atoms with E-state index in [9.17, 15) is 13.6 Å². The van der Waals surface area contributed by atoms with Crippen LogP contribution < -0.4 is 11.1 Å². The number of halogens is 2. The number of hydrogen-bond donors (Lipinski definition) is 2. The molecular formula is C12H22F2N2O. The topological polar surface area (TPSA) is 55.1 Å². The number of amides is 1. The fourth-order valence-electron chi connectivity index (χ4n) is 2.09. The van der Waals surface area contributed by atoms with Crippen LogP contribution in [0, 0.1) is 11.3 Å². The summed E-state index contributed by atoms with van der Waals surface area (Å²) >= 11 is 0. The fraction of sp³-hybridized carbons (Fsp3) is 0.917. The molecule has 0 saturated heterocycles. The molecule has 17 heavy (non-hydrogen) atoms. The Morgan fingerprint density at radius 3 is 2.47 bits per heavy atom. The molecule has 1 aliphatic rings. The van der Waals surface area contributed by atoms with Crippen molar-refractivity contribution < 1.29 is 13.6 Å². The monoisotopic (exact) mass is 248 g/mol. The van der Waals surface area contributed by atoms with Crippen LogP contribution in [0.3, 0.4) is 0 Å². The van der Waals surface area contributed by atoms with E-state index in [0.717, 1.165) is 0 Å². The average molecular weight is 248 g/mol. The fourth-order valence-corrected chi connectivity index (χ4v) is 2.09. The first-order valence-electron chi connectivity index (χ1n) is 6.04. The summed E-state index contributed by atoms with van der Waals surface area (Å²) in [5.41, 5.74) is 5.44. The summed E-state index contributed by atoms with van der Waals surface area (Å²) in [5.74, 6) is -3.53. The smallest absolute Gasteiger partial charge is 0.248 e. The van der Waals surface area contributed by atoms with Gasteiger partial charge in [-0.2, -0.15) is 0 Å². The Balaban J connectivity index is 2.55. The van der Waals surface area contributed by atoms with E-state index in [4.69, 9.17) is 5.73 Å². The summed E-state index contributed by atoms with van der Waals surface area (Å²) in [5, 5.41) is 2.79. The zero-order chi connectivity index (χ0) is 13.3. The first-order chi connectivity index (χ1) is 7.65. The third-order valence-electron chi connectivity index (χ3n) is 3.37. The molecule has 2 atom stereocenters. The van der Waals surface area contributed by atoms with E-state index in [-0.39, 0.29) is 36.6 Å². The van der Waals surface area contributed by atoms with Gasteiger partial charge < -0.3 is 11.1 Å². The van der Waals surface area contributed by atoms with Gasteiger partial charge in [0.15, 0.2) is 0 Å². The van der Waals surface area contributed by atoms with Crippen molar-refractivity contribution in [3.05, 3.63) is 0 Å². The summed E-state index contributed by atoms with van der Waals surface area (Å²) in [6, 6.07) is -0.177. The second-order valence-corrected chi connectivity index (χ2v) is 5.96. The van der Waals surface area contributed by atoms with E-state index in [1.807, 2.05) is 20.8 Å². The SMILES string of the molecule is CC(C)(C)C(CN)NC(=O)C1CCC(F)(F)C1. The molecule has 3 nitrogen and oxygen atoms in total. The van der Waals surface area contributed by atoms with E-state index in [2.05, 4.69) is 5.32 Å². The first kappa shape index (κ1) is 14.4. The third-order valence-corrected chi connectivity index (χ3v) is 3.37. The van der Waals surface area contributed by atoms with Crippen molar-refractivity contribution in [1.82, 2.24) is 5.32 Å². The highest BCUT2D eigenvalue weighted by molar-refractivity contribution is 5.79. The molecule has 100 valence electrons. The predicted octanol–water partition coefficient (Wildman–Crippen LogP) is 1.91. The van der Waals surface area contributed by atoms with E-state index in [1.54, 1.807) is 0 Å². The molecule has 0 bridgehead atoms. The van der Waals surface area contributed by atoms with Crippen LogP contribution in [0.15, 0.2) is 0 Å². The second-order valence-electron chi connectivity index (χ2n) is 5.96. The summed E-state index contributed by atoms with van der Waals surface area (Å²) in [6.45, 7) is 6.22. The van der Waals surface area contributed by atoms with E-state index in [1.165, 1.54) is 0 Å². The Hall–Kier alpha value is -0.710. The summed E-state index contributed by atoms with van der Waals surface area (Å²) < 4.78 is 26.0. The van der Waals surface area contributed by atoms with Crippen LogP contribution in [0.4, 0.5) is 8.78 Å². The van der Waals surface area contributed by atoms with Crippen LogP contribution in [0.1, 0.15) is 40.0 Å². The van der Waals surface area contributed by atoms with Gasteiger partial charge in [0.1, 0.15) is 0 Å². The van der Waals surface area contributed by atoms with Gasteiger partial charge in [-0.05, 0) is 11.8 Å². The van der Waals surface area contributed by atoms with Gasteiger partial charge in [-0.25, -0.2) is 8.78 Å². The third kappa shape index (κ3) is 3.91. The molecule has 0 spiro atoms. The Morgan fingerprint density at radius 2 is 2.12 bits per heavy atom. The number of hydrogen-bond acceptors (Lipinski definition) is 2. The van der Waals surface area contributed by atoms with Gasteiger partial charge >= 0.3 is 0 Å². The van der Waals surface area contributed by atoms with Gasteiger partial charge in [0.05, 0.1) is 0 Å². The van der Waals surface area contributed by atoms with Crippen LogP contribution in [0.5, 0.6) is 0 Å². The second kappa shape index (κ2) is 4.88. The molecule has 1 rings (SSSR count). The Labute approximate surface area is 101 Å². The minimum absolute atomic E-state index is 0.161. The lowest BCUT2D eigenvalue weighted by atomic mass is 9.86. The first-order valence-corrected chi connectivity index (χ1v) is 6.04. The lowest BCUT2D eigenvalue weighted by Crippen LogP contribution is -2.50. The predicted molar refractivity (Wildman–Crippen MR) is 62.7 cm³/mol. The minimum Gasteiger partial charge on any atom is -0.351 e. The molecule has 0 aliphatic heterocycles. The van der Waals surface area contributed by atoms with Crippen LogP contribution in [0.2, 0.25) is 0 Å². The molecule has 3 N–H and O–H groups in total. The van der Waals surface area contributed by atoms with Crippen molar-refractivity contribution in [2.75, 3.05) is 6.54 Å². The van der Waals surface area contributed by atoms with Crippen molar-refractivity contribution in [2.45, 2.75) is 52.0 Å². The summed E-state index contributed by atoms with van der Waals surface area (Å²) in [7, 11) is 0. The van der Waals surface area contributed by atoms with E-state index >= 15 is 0 Å². The van der Waals surface area contributed by atoms with Crippen LogP contribution in [-0.4, -0.2) is 24.4 Å². The maximum atomic E-state index is 13.0. The van der Waals surface area contributed by atoms with Gasteiger partial charge in [-0.1, -0.05) is 20.8 Å². The van der Waals surface area contributed by atoms with Gasteiger partial charge in [0.2, 0.25) is 11.8 Å². The molecule has 0 aromatic heterocycles.